The maximum absolute atomic E-state index is 6.42. The fourth-order valence-corrected chi connectivity index (χ4v) is 3.93. The Morgan fingerprint density at radius 2 is 1.16 bits per heavy atom. The first-order valence-electron chi connectivity index (χ1n) is 11.0. The quantitative estimate of drug-likeness (QED) is 0.517. The first-order valence-corrected chi connectivity index (χ1v) is 11.0. The lowest BCUT2D eigenvalue weighted by Crippen LogP contribution is -2.56. The fraction of sp³-hybridized carbons (Fsp3) is 0.333. The summed E-state index contributed by atoms with van der Waals surface area (Å²) in [5.41, 5.74) is 3.52. The van der Waals surface area contributed by atoms with Gasteiger partial charge in [-0.15, -0.1) is 0 Å². The SMILES string of the molecule is c1ccc(COC[C@@H]2NCC[C@@H](OCc3ccccc3)[C@H]2OCc2ccccc2)cc1. The van der Waals surface area contributed by atoms with Crippen LogP contribution < -0.4 is 5.32 Å². The Labute approximate surface area is 185 Å². The minimum absolute atomic E-state index is 0.0236. The second-order valence-electron chi connectivity index (χ2n) is 7.95. The van der Waals surface area contributed by atoms with E-state index in [1.165, 1.54) is 16.7 Å². The van der Waals surface area contributed by atoms with Crippen LogP contribution in [0, 0.1) is 0 Å². The van der Waals surface area contributed by atoms with Crippen LogP contribution in [0.5, 0.6) is 0 Å². The van der Waals surface area contributed by atoms with Gasteiger partial charge in [-0.2, -0.15) is 0 Å². The Morgan fingerprint density at radius 1 is 0.645 bits per heavy atom. The molecule has 1 N–H and O–H groups in total. The number of hydrogen-bond acceptors (Lipinski definition) is 4. The third kappa shape index (κ3) is 6.74. The van der Waals surface area contributed by atoms with Crippen molar-refractivity contribution in [1.29, 1.82) is 0 Å². The molecule has 162 valence electrons. The Morgan fingerprint density at radius 3 is 1.74 bits per heavy atom. The van der Waals surface area contributed by atoms with Crippen molar-refractivity contribution in [2.75, 3.05) is 13.2 Å². The molecular formula is C27H31NO3. The van der Waals surface area contributed by atoms with Crippen molar-refractivity contribution < 1.29 is 14.2 Å². The Hall–Kier alpha value is -2.50. The van der Waals surface area contributed by atoms with Crippen molar-refractivity contribution in [2.24, 2.45) is 0 Å². The van der Waals surface area contributed by atoms with Crippen LogP contribution in [0.1, 0.15) is 23.1 Å². The standard InChI is InChI=1S/C27H31NO3/c1-4-10-22(11-5-1)18-29-21-25-27(31-20-24-14-8-3-9-15-24)26(16-17-28-25)30-19-23-12-6-2-7-13-23/h1-15,25-28H,16-21H2/t25-,26+,27-/m0/s1. The van der Waals surface area contributed by atoms with E-state index >= 15 is 0 Å². The van der Waals surface area contributed by atoms with Gasteiger partial charge in [-0.05, 0) is 29.7 Å². The van der Waals surface area contributed by atoms with Crippen molar-refractivity contribution >= 4 is 0 Å². The van der Waals surface area contributed by atoms with Crippen LogP contribution in [0.15, 0.2) is 91.0 Å². The molecule has 3 aromatic carbocycles. The topological polar surface area (TPSA) is 39.7 Å². The normalized spacial score (nSPS) is 21.1. The van der Waals surface area contributed by atoms with E-state index in [2.05, 4.69) is 41.7 Å². The molecule has 4 nitrogen and oxygen atoms in total. The highest BCUT2D eigenvalue weighted by atomic mass is 16.5. The molecule has 0 bridgehead atoms. The molecule has 4 rings (SSSR count). The number of ether oxygens (including phenoxy) is 3. The lowest BCUT2D eigenvalue weighted by atomic mass is 9.98. The van der Waals surface area contributed by atoms with Gasteiger partial charge in [0.1, 0.15) is 6.10 Å². The van der Waals surface area contributed by atoms with E-state index in [0.717, 1.165) is 13.0 Å². The summed E-state index contributed by atoms with van der Waals surface area (Å²) in [5, 5.41) is 3.59. The molecule has 0 amide bonds. The van der Waals surface area contributed by atoms with Crippen molar-refractivity contribution in [2.45, 2.75) is 44.5 Å². The lowest BCUT2D eigenvalue weighted by Gasteiger charge is -2.38. The Bertz CT molecular complexity index is 873. The van der Waals surface area contributed by atoms with Crippen molar-refractivity contribution in [3.63, 3.8) is 0 Å². The van der Waals surface area contributed by atoms with Crippen molar-refractivity contribution in [3.05, 3.63) is 108 Å². The van der Waals surface area contributed by atoms with E-state index in [9.17, 15) is 0 Å². The van der Waals surface area contributed by atoms with Crippen LogP contribution >= 0.6 is 0 Å². The molecule has 31 heavy (non-hydrogen) atoms. The predicted octanol–water partition coefficient (Wildman–Crippen LogP) is 4.74. The van der Waals surface area contributed by atoms with Gasteiger partial charge < -0.3 is 19.5 Å². The minimum Gasteiger partial charge on any atom is -0.375 e. The number of piperidine rings is 1. The monoisotopic (exact) mass is 417 g/mol. The van der Waals surface area contributed by atoms with Crippen LogP contribution in [0.2, 0.25) is 0 Å². The molecule has 1 aliphatic heterocycles. The molecule has 1 heterocycles. The lowest BCUT2D eigenvalue weighted by molar-refractivity contribution is -0.125. The van der Waals surface area contributed by atoms with Gasteiger partial charge in [-0.25, -0.2) is 0 Å². The zero-order valence-electron chi connectivity index (χ0n) is 17.9. The summed E-state index contributed by atoms with van der Waals surface area (Å²) in [7, 11) is 0. The van der Waals surface area contributed by atoms with Gasteiger partial charge in [-0.3, -0.25) is 0 Å². The van der Waals surface area contributed by atoms with Crippen LogP contribution in [0.4, 0.5) is 0 Å². The molecule has 1 fully saturated rings. The Balaban J connectivity index is 1.38. The number of rotatable bonds is 10. The van der Waals surface area contributed by atoms with Crippen molar-refractivity contribution in [1.82, 2.24) is 5.32 Å². The molecule has 0 aliphatic carbocycles. The maximum Gasteiger partial charge on any atom is 0.102 e. The predicted molar refractivity (Wildman–Crippen MR) is 123 cm³/mol. The van der Waals surface area contributed by atoms with E-state index in [0.29, 0.717) is 26.4 Å². The Kier molecular flexibility index (Phi) is 8.25. The van der Waals surface area contributed by atoms with E-state index in [-0.39, 0.29) is 18.2 Å². The van der Waals surface area contributed by atoms with Gasteiger partial charge in [0.25, 0.3) is 0 Å². The smallest absolute Gasteiger partial charge is 0.102 e. The molecule has 4 heteroatoms. The minimum atomic E-state index is -0.0755. The van der Waals surface area contributed by atoms with Crippen LogP contribution in [-0.4, -0.2) is 31.4 Å². The summed E-state index contributed by atoms with van der Waals surface area (Å²) in [4.78, 5) is 0. The molecule has 0 spiro atoms. The van der Waals surface area contributed by atoms with Gasteiger partial charge in [0.2, 0.25) is 0 Å². The molecule has 0 unspecified atom stereocenters. The van der Waals surface area contributed by atoms with Gasteiger partial charge in [0, 0.05) is 0 Å². The van der Waals surface area contributed by atoms with Gasteiger partial charge in [0.05, 0.1) is 38.6 Å². The highest BCUT2D eigenvalue weighted by Crippen LogP contribution is 2.21. The third-order valence-electron chi connectivity index (χ3n) is 5.60. The average molecular weight is 418 g/mol. The molecule has 1 aliphatic rings. The van der Waals surface area contributed by atoms with Crippen LogP contribution in [-0.2, 0) is 34.0 Å². The highest BCUT2D eigenvalue weighted by molar-refractivity contribution is 5.15. The largest absolute Gasteiger partial charge is 0.375 e. The number of hydrogen-bond donors (Lipinski definition) is 1. The van der Waals surface area contributed by atoms with Gasteiger partial charge in [0.15, 0.2) is 0 Å². The first kappa shape index (κ1) is 21.7. The zero-order chi connectivity index (χ0) is 21.1. The van der Waals surface area contributed by atoms with Crippen LogP contribution in [0.3, 0.4) is 0 Å². The van der Waals surface area contributed by atoms with E-state index < -0.39 is 0 Å². The fourth-order valence-electron chi connectivity index (χ4n) is 3.93. The summed E-state index contributed by atoms with van der Waals surface area (Å²) < 4.78 is 18.8. The first-order chi connectivity index (χ1) is 15.4. The molecule has 1 saturated heterocycles. The molecule has 0 saturated carbocycles. The number of benzene rings is 3. The number of nitrogens with one attached hydrogen (secondary N) is 1. The average Bonchev–Trinajstić information content (AvgIpc) is 2.84. The molecule has 3 aromatic rings. The summed E-state index contributed by atoms with van der Waals surface area (Å²) in [6.45, 7) is 3.23. The summed E-state index contributed by atoms with van der Waals surface area (Å²) >= 11 is 0. The van der Waals surface area contributed by atoms with Gasteiger partial charge >= 0.3 is 0 Å². The summed E-state index contributed by atoms with van der Waals surface area (Å²) in [6, 6.07) is 31.0. The third-order valence-corrected chi connectivity index (χ3v) is 5.60. The molecular weight excluding hydrogens is 386 g/mol. The molecule has 0 aromatic heterocycles. The maximum atomic E-state index is 6.42. The zero-order valence-corrected chi connectivity index (χ0v) is 17.9. The van der Waals surface area contributed by atoms with E-state index in [1.54, 1.807) is 0 Å². The van der Waals surface area contributed by atoms with Gasteiger partial charge in [-0.1, -0.05) is 91.0 Å². The second-order valence-corrected chi connectivity index (χ2v) is 7.95. The van der Waals surface area contributed by atoms with Crippen LogP contribution in [0.25, 0.3) is 0 Å². The molecule has 3 atom stereocenters. The van der Waals surface area contributed by atoms with E-state index in [4.69, 9.17) is 14.2 Å². The highest BCUT2D eigenvalue weighted by Gasteiger charge is 2.35. The molecule has 0 radical (unpaired) electrons. The summed E-state index contributed by atoms with van der Waals surface area (Å²) in [5.74, 6) is 0. The summed E-state index contributed by atoms with van der Waals surface area (Å²) in [6.07, 6.45) is 0.866. The second kappa shape index (κ2) is 11.8. The van der Waals surface area contributed by atoms with E-state index in [1.807, 2.05) is 54.6 Å². The van der Waals surface area contributed by atoms with Crippen molar-refractivity contribution in [3.8, 4) is 0 Å².